The van der Waals surface area contributed by atoms with Gasteiger partial charge in [0.2, 0.25) is 0 Å². The molecule has 34 heavy (non-hydrogen) atoms. The summed E-state index contributed by atoms with van der Waals surface area (Å²) in [5.74, 6) is -0.422. The summed E-state index contributed by atoms with van der Waals surface area (Å²) in [6, 6.07) is 19.5. The molecule has 1 N–H and O–H groups in total. The molecule has 0 radical (unpaired) electrons. The van der Waals surface area contributed by atoms with E-state index in [1.54, 1.807) is 48.5 Å². The summed E-state index contributed by atoms with van der Waals surface area (Å²) in [7, 11) is 0. The fraction of sp³-hybridized carbons (Fsp3) is 0.185. The molecule has 174 valence electrons. The van der Waals surface area contributed by atoms with Gasteiger partial charge in [-0.3, -0.25) is 9.59 Å². The molecule has 0 aliphatic carbocycles. The van der Waals surface area contributed by atoms with Gasteiger partial charge in [-0.2, -0.15) is 0 Å². The minimum atomic E-state index is -0.529. The molecular formula is C27H25FN2O4. The minimum Gasteiger partial charge on any atom is -0.494 e. The van der Waals surface area contributed by atoms with Crippen molar-refractivity contribution >= 4 is 28.8 Å². The Morgan fingerprint density at radius 1 is 0.882 bits per heavy atom. The van der Waals surface area contributed by atoms with Crippen LogP contribution in [-0.4, -0.2) is 25.0 Å². The Balaban J connectivity index is 1.79. The molecule has 0 aromatic heterocycles. The van der Waals surface area contributed by atoms with Gasteiger partial charge in [0.1, 0.15) is 23.0 Å². The molecule has 0 bridgehead atoms. The second-order valence-corrected chi connectivity index (χ2v) is 7.60. The number of halogens is 1. The molecule has 3 aromatic carbocycles. The summed E-state index contributed by atoms with van der Waals surface area (Å²) in [6.07, 6.45) is 0.776. The number of anilines is 2. The van der Waals surface area contributed by atoms with Crippen LogP contribution in [0.4, 0.5) is 15.8 Å². The molecule has 4 rings (SSSR count). The molecule has 2 amide bonds. The summed E-state index contributed by atoms with van der Waals surface area (Å²) in [4.78, 5) is 28.4. The lowest BCUT2D eigenvalue weighted by Crippen LogP contribution is -2.32. The number of hydrogen-bond acceptors (Lipinski definition) is 5. The van der Waals surface area contributed by atoms with E-state index in [0.29, 0.717) is 41.7 Å². The molecule has 0 spiro atoms. The molecule has 0 unspecified atom stereocenters. The maximum absolute atomic E-state index is 13.6. The summed E-state index contributed by atoms with van der Waals surface area (Å²) in [6.45, 7) is 4.79. The van der Waals surface area contributed by atoms with Crippen molar-refractivity contribution in [3.63, 3.8) is 0 Å². The van der Waals surface area contributed by atoms with Crippen LogP contribution < -0.4 is 19.7 Å². The number of benzene rings is 3. The van der Waals surface area contributed by atoms with E-state index in [1.807, 2.05) is 13.8 Å². The zero-order valence-electron chi connectivity index (χ0n) is 19.0. The molecule has 1 aliphatic heterocycles. The quantitative estimate of drug-likeness (QED) is 0.433. The molecule has 1 heterocycles. The first kappa shape index (κ1) is 23.0. The SMILES string of the molecule is CCCOc1ccccc1N1C(=O)C(Nc2cccc(OCC)c2)=C(c2ccc(F)cc2)C1=O. The van der Waals surface area contributed by atoms with E-state index in [1.165, 1.54) is 24.3 Å². The molecule has 0 saturated heterocycles. The monoisotopic (exact) mass is 460 g/mol. The van der Waals surface area contributed by atoms with Crippen molar-refractivity contribution in [2.24, 2.45) is 0 Å². The summed E-state index contributed by atoms with van der Waals surface area (Å²) < 4.78 is 24.9. The van der Waals surface area contributed by atoms with Crippen LogP contribution >= 0.6 is 0 Å². The third kappa shape index (κ3) is 4.64. The van der Waals surface area contributed by atoms with E-state index in [4.69, 9.17) is 9.47 Å². The average molecular weight is 461 g/mol. The molecule has 0 fully saturated rings. The van der Waals surface area contributed by atoms with Crippen LogP contribution in [0.25, 0.3) is 5.57 Å². The van der Waals surface area contributed by atoms with E-state index in [-0.39, 0.29) is 11.3 Å². The number of nitrogens with zero attached hydrogens (tertiary/aromatic N) is 1. The zero-order chi connectivity index (χ0) is 24.1. The number of carbonyl (C=O) groups is 2. The molecule has 3 aromatic rings. The summed E-state index contributed by atoms with van der Waals surface area (Å²) in [5, 5.41) is 3.10. The van der Waals surface area contributed by atoms with Crippen LogP contribution in [-0.2, 0) is 9.59 Å². The van der Waals surface area contributed by atoms with Crippen LogP contribution in [0, 0.1) is 5.82 Å². The second kappa shape index (κ2) is 10.2. The van der Waals surface area contributed by atoms with E-state index in [0.717, 1.165) is 11.3 Å². The Labute approximate surface area is 197 Å². The van der Waals surface area contributed by atoms with Crippen molar-refractivity contribution in [3.05, 3.63) is 89.9 Å². The van der Waals surface area contributed by atoms with Crippen molar-refractivity contribution in [2.75, 3.05) is 23.4 Å². The number of carbonyl (C=O) groups excluding carboxylic acids is 2. The van der Waals surface area contributed by atoms with Gasteiger partial charge in [-0.15, -0.1) is 0 Å². The van der Waals surface area contributed by atoms with E-state index < -0.39 is 17.6 Å². The fourth-order valence-corrected chi connectivity index (χ4v) is 3.70. The van der Waals surface area contributed by atoms with E-state index in [2.05, 4.69) is 5.32 Å². The van der Waals surface area contributed by atoms with Gasteiger partial charge < -0.3 is 14.8 Å². The lowest BCUT2D eigenvalue weighted by molar-refractivity contribution is -0.120. The topological polar surface area (TPSA) is 67.9 Å². The highest BCUT2D eigenvalue weighted by Gasteiger charge is 2.41. The standard InChI is InChI=1S/C27H25FN2O4/c1-3-16-34-23-11-6-5-10-22(23)30-26(31)24(18-12-14-19(28)15-13-18)25(27(30)32)29-20-8-7-9-21(17-20)33-4-2/h5-15,17,29H,3-4,16H2,1-2H3. The zero-order valence-corrected chi connectivity index (χ0v) is 19.0. The van der Waals surface area contributed by atoms with Crippen LogP contribution in [0.1, 0.15) is 25.8 Å². The molecular weight excluding hydrogens is 435 g/mol. The maximum Gasteiger partial charge on any atom is 0.282 e. The Hall–Kier alpha value is -4.13. The van der Waals surface area contributed by atoms with Gasteiger partial charge in [0.15, 0.2) is 0 Å². The lowest BCUT2D eigenvalue weighted by atomic mass is 10.0. The maximum atomic E-state index is 13.6. The third-order valence-corrected chi connectivity index (χ3v) is 5.20. The largest absolute Gasteiger partial charge is 0.494 e. The van der Waals surface area contributed by atoms with Gasteiger partial charge in [0.25, 0.3) is 11.8 Å². The minimum absolute atomic E-state index is 0.0931. The number of rotatable bonds is 9. The number of ether oxygens (including phenoxy) is 2. The van der Waals surface area contributed by atoms with Gasteiger partial charge in [0.05, 0.1) is 24.5 Å². The average Bonchev–Trinajstić information content (AvgIpc) is 3.08. The fourth-order valence-electron chi connectivity index (χ4n) is 3.70. The highest BCUT2D eigenvalue weighted by atomic mass is 19.1. The normalized spacial score (nSPS) is 13.4. The van der Waals surface area contributed by atoms with E-state index in [9.17, 15) is 14.0 Å². The van der Waals surface area contributed by atoms with E-state index >= 15 is 0 Å². The van der Waals surface area contributed by atoms with Crippen LogP contribution in [0.2, 0.25) is 0 Å². The first-order valence-electron chi connectivity index (χ1n) is 11.1. The highest BCUT2D eigenvalue weighted by Crippen LogP contribution is 2.38. The van der Waals surface area contributed by atoms with Crippen LogP contribution in [0.3, 0.4) is 0 Å². The Kier molecular flexibility index (Phi) is 6.92. The third-order valence-electron chi connectivity index (χ3n) is 5.20. The predicted molar refractivity (Wildman–Crippen MR) is 129 cm³/mol. The molecule has 0 saturated carbocycles. The number of imide groups is 1. The van der Waals surface area contributed by atoms with Crippen LogP contribution in [0.15, 0.2) is 78.5 Å². The highest BCUT2D eigenvalue weighted by molar-refractivity contribution is 6.46. The molecule has 1 aliphatic rings. The first-order valence-corrected chi connectivity index (χ1v) is 11.1. The van der Waals surface area contributed by atoms with Crippen molar-refractivity contribution in [1.29, 1.82) is 0 Å². The molecule has 0 atom stereocenters. The van der Waals surface area contributed by atoms with Gasteiger partial charge >= 0.3 is 0 Å². The summed E-state index contributed by atoms with van der Waals surface area (Å²) >= 11 is 0. The Morgan fingerprint density at radius 3 is 2.38 bits per heavy atom. The first-order chi connectivity index (χ1) is 16.5. The number of nitrogens with one attached hydrogen (secondary N) is 1. The van der Waals surface area contributed by atoms with Gasteiger partial charge in [-0.25, -0.2) is 9.29 Å². The van der Waals surface area contributed by atoms with Crippen molar-refractivity contribution in [3.8, 4) is 11.5 Å². The van der Waals surface area contributed by atoms with Crippen molar-refractivity contribution in [1.82, 2.24) is 0 Å². The van der Waals surface area contributed by atoms with Gasteiger partial charge in [0, 0.05) is 11.8 Å². The van der Waals surface area contributed by atoms with Crippen molar-refractivity contribution in [2.45, 2.75) is 20.3 Å². The molecule has 6 nitrogen and oxygen atoms in total. The Bertz CT molecular complexity index is 1240. The second-order valence-electron chi connectivity index (χ2n) is 7.60. The van der Waals surface area contributed by atoms with Gasteiger partial charge in [-0.05, 0) is 55.3 Å². The lowest BCUT2D eigenvalue weighted by Gasteiger charge is -2.19. The number of amides is 2. The molecule has 7 heteroatoms. The number of hydrogen-bond donors (Lipinski definition) is 1. The Morgan fingerprint density at radius 2 is 1.65 bits per heavy atom. The van der Waals surface area contributed by atoms with Gasteiger partial charge in [-0.1, -0.05) is 37.3 Å². The summed E-state index contributed by atoms with van der Waals surface area (Å²) in [5.41, 5.74) is 1.61. The number of para-hydroxylation sites is 2. The predicted octanol–water partition coefficient (Wildman–Crippen LogP) is 5.41. The van der Waals surface area contributed by atoms with Crippen LogP contribution in [0.5, 0.6) is 11.5 Å². The smallest absolute Gasteiger partial charge is 0.282 e. The van der Waals surface area contributed by atoms with Crippen molar-refractivity contribution < 1.29 is 23.5 Å².